The van der Waals surface area contributed by atoms with Crippen LogP contribution in [0.25, 0.3) is 21.3 Å². The number of benzene rings is 2. The Kier molecular flexibility index (Phi) is 5.41. The summed E-state index contributed by atoms with van der Waals surface area (Å²) in [6, 6.07) is 8.52. The fraction of sp³-hybridized carbons (Fsp3) is 0.150. The third kappa shape index (κ3) is 4.22. The van der Waals surface area contributed by atoms with Gasteiger partial charge >= 0.3 is 0 Å². The van der Waals surface area contributed by atoms with Crippen LogP contribution in [-0.2, 0) is 19.9 Å². The van der Waals surface area contributed by atoms with E-state index in [0.717, 1.165) is 22.6 Å². The minimum atomic E-state index is -4.11. The number of thiophene rings is 1. The van der Waals surface area contributed by atoms with Crippen molar-refractivity contribution in [3.05, 3.63) is 58.2 Å². The fourth-order valence-corrected chi connectivity index (χ4v) is 7.56. The Morgan fingerprint density at radius 1 is 1.03 bits per heavy atom. The highest BCUT2D eigenvalue weighted by Gasteiger charge is 2.25. The Labute approximate surface area is 187 Å². The molecule has 6 nitrogen and oxygen atoms in total. The van der Waals surface area contributed by atoms with Crippen LogP contribution >= 0.6 is 22.7 Å². The Morgan fingerprint density at radius 2 is 1.77 bits per heavy atom. The van der Waals surface area contributed by atoms with Crippen molar-refractivity contribution in [2.45, 2.75) is 23.0 Å². The molecule has 2 aromatic heterocycles. The smallest absolute Gasteiger partial charge is 0.271 e. The monoisotopic (exact) mass is 496 g/mol. The fourth-order valence-electron chi connectivity index (χ4n) is 3.19. The van der Waals surface area contributed by atoms with Gasteiger partial charge in [0.15, 0.2) is 9.84 Å². The summed E-state index contributed by atoms with van der Waals surface area (Å²) in [4.78, 5) is 4.21. The second-order valence-corrected chi connectivity index (χ2v) is 13.0. The van der Waals surface area contributed by atoms with Crippen molar-refractivity contribution in [2.24, 2.45) is 0 Å². The molecule has 1 N–H and O–H groups in total. The second kappa shape index (κ2) is 7.66. The summed E-state index contributed by atoms with van der Waals surface area (Å²) in [5.74, 6) is -0.461. The maximum atomic E-state index is 13.6. The largest absolute Gasteiger partial charge is 0.278 e. The van der Waals surface area contributed by atoms with Crippen molar-refractivity contribution in [1.82, 2.24) is 4.98 Å². The van der Waals surface area contributed by atoms with Gasteiger partial charge in [-0.25, -0.2) is 26.2 Å². The molecule has 0 saturated heterocycles. The lowest BCUT2D eigenvalue weighted by molar-refractivity contribution is 0.602. The van der Waals surface area contributed by atoms with E-state index in [9.17, 15) is 21.2 Å². The number of fused-ring (bicyclic) bond motifs is 1. The summed E-state index contributed by atoms with van der Waals surface area (Å²) < 4.78 is 67.7. The summed E-state index contributed by atoms with van der Waals surface area (Å²) in [6.07, 6.45) is 1.02. The molecule has 0 amide bonds. The minimum Gasteiger partial charge on any atom is -0.278 e. The van der Waals surface area contributed by atoms with E-state index in [4.69, 9.17) is 0 Å². The van der Waals surface area contributed by atoms with Crippen molar-refractivity contribution in [1.29, 1.82) is 0 Å². The molecule has 2 heterocycles. The Balaban J connectivity index is 1.80. The van der Waals surface area contributed by atoms with Gasteiger partial charge in [0.25, 0.3) is 10.0 Å². The van der Waals surface area contributed by atoms with E-state index < -0.39 is 25.7 Å². The predicted molar refractivity (Wildman–Crippen MR) is 123 cm³/mol. The molecule has 0 spiro atoms. The van der Waals surface area contributed by atoms with Crippen LogP contribution in [0, 0.1) is 19.7 Å². The zero-order valence-electron chi connectivity index (χ0n) is 16.6. The van der Waals surface area contributed by atoms with E-state index in [-0.39, 0.29) is 14.8 Å². The van der Waals surface area contributed by atoms with E-state index in [1.807, 2.05) is 6.92 Å². The standard InChI is InChI=1S/C20H17FN2O4S4/c1-11-15-9-14(21)5-7-18(15)29-20(11)31(26,27)23-16-6-4-13(8-19(16)30(3,24)25)17-10-28-12(2)22-17/h4-10,23H,1-3H3. The number of sulfonamides is 1. The molecular weight excluding hydrogens is 479 g/mol. The highest BCUT2D eigenvalue weighted by Crippen LogP contribution is 2.37. The zero-order valence-corrected chi connectivity index (χ0v) is 19.9. The number of thiazole rings is 1. The number of nitrogens with one attached hydrogen (secondary N) is 1. The molecule has 4 rings (SSSR count). The van der Waals surface area contributed by atoms with E-state index in [0.29, 0.717) is 26.9 Å². The van der Waals surface area contributed by atoms with Crippen molar-refractivity contribution >= 4 is 58.3 Å². The van der Waals surface area contributed by atoms with Crippen LogP contribution < -0.4 is 4.72 Å². The van der Waals surface area contributed by atoms with Crippen LogP contribution in [0.1, 0.15) is 10.6 Å². The Bertz CT molecular complexity index is 1540. The first kappa shape index (κ1) is 21.9. The van der Waals surface area contributed by atoms with Crippen molar-refractivity contribution < 1.29 is 21.2 Å². The number of hydrogen-bond acceptors (Lipinski definition) is 7. The maximum Gasteiger partial charge on any atom is 0.271 e. The van der Waals surface area contributed by atoms with Gasteiger partial charge in [0, 0.05) is 21.9 Å². The first-order valence-corrected chi connectivity index (χ1v) is 14.0. The number of rotatable bonds is 5. The SMILES string of the molecule is Cc1nc(-c2ccc(NS(=O)(=O)c3sc4ccc(F)cc4c3C)c(S(C)(=O)=O)c2)cs1. The Hall–Kier alpha value is -2.34. The molecule has 2 aromatic carbocycles. The molecule has 4 aromatic rings. The van der Waals surface area contributed by atoms with Gasteiger partial charge in [0.05, 0.1) is 21.3 Å². The molecule has 0 aliphatic rings. The number of hydrogen-bond donors (Lipinski definition) is 1. The molecule has 31 heavy (non-hydrogen) atoms. The maximum absolute atomic E-state index is 13.6. The molecule has 0 atom stereocenters. The molecule has 0 saturated carbocycles. The molecule has 0 aliphatic heterocycles. The number of aryl methyl sites for hydroxylation is 2. The van der Waals surface area contributed by atoms with Gasteiger partial charge in [-0.2, -0.15) is 0 Å². The lowest BCUT2D eigenvalue weighted by atomic mass is 10.1. The van der Waals surface area contributed by atoms with Crippen LogP contribution in [0.3, 0.4) is 0 Å². The summed E-state index contributed by atoms with van der Waals surface area (Å²) in [5, 5.41) is 3.14. The summed E-state index contributed by atoms with van der Waals surface area (Å²) in [7, 11) is -7.86. The van der Waals surface area contributed by atoms with Gasteiger partial charge < -0.3 is 0 Å². The van der Waals surface area contributed by atoms with Gasteiger partial charge in [-0.15, -0.1) is 22.7 Å². The third-order valence-corrected chi connectivity index (χ3v) is 9.81. The van der Waals surface area contributed by atoms with Crippen LogP contribution in [0.15, 0.2) is 50.9 Å². The third-order valence-electron chi connectivity index (χ3n) is 4.64. The molecular formula is C20H17FN2O4S4. The average Bonchev–Trinajstić information content (AvgIpc) is 3.25. The lowest BCUT2D eigenvalue weighted by Crippen LogP contribution is -2.15. The summed E-state index contributed by atoms with van der Waals surface area (Å²) in [5.41, 5.74) is 1.54. The van der Waals surface area contributed by atoms with Crippen LogP contribution in [0.4, 0.5) is 10.1 Å². The first-order valence-electron chi connectivity index (χ1n) is 8.94. The normalized spacial score (nSPS) is 12.4. The van der Waals surface area contributed by atoms with Gasteiger partial charge in [-0.1, -0.05) is 6.07 Å². The molecule has 162 valence electrons. The van der Waals surface area contributed by atoms with Crippen molar-refractivity contribution in [3.8, 4) is 11.3 Å². The molecule has 0 unspecified atom stereocenters. The topological polar surface area (TPSA) is 93.2 Å². The quantitative estimate of drug-likeness (QED) is 0.420. The Morgan fingerprint density at radius 3 is 2.42 bits per heavy atom. The summed E-state index contributed by atoms with van der Waals surface area (Å²) >= 11 is 2.43. The number of halogens is 1. The number of sulfone groups is 1. The summed E-state index contributed by atoms with van der Waals surface area (Å²) in [6.45, 7) is 3.44. The van der Waals surface area contributed by atoms with Crippen molar-refractivity contribution in [3.63, 3.8) is 0 Å². The van der Waals surface area contributed by atoms with Gasteiger partial charge in [-0.3, -0.25) is 4.72 Å². The number of aromatic nitrogens is 1. The van der Waals surface area contributed by atoms with E-state index in [1.54, 1.807) is 18.4 Å². The minimum absolute atomic E-state index is 0.00625. The molecule has 11 heteroatoms. The van der Waals surface area contributed by atoms with Gasteiger partial charge in [0.2, 0.25) is 0 Å². The van der Waals surface area contributed by atoms with Crippen molar-refractivity contribution in [2.75, 3.05) is 11.0 Å². The number of anilines is 1. The van der Waals surface area contributed by atoms with E-state index >= 15 is 0 Å². The molecule has 0 bridgehead atoms. The lowest BCUT2D eigenvalue weighted by Gasteiger charge is -2.12. The highest BCUT2D eigenvalue weighted by atomic mass is 32.2. The zero-order chi connectivity index (χ0) is 22.6. The van der Waals surface area contributed by atoms with Gasteiger partial charge in [-0.05, 0) is 55.1 Å². The highest BCUT2D eigenvalue weighted by molar-refractivity contribution is 7.95. The van der Waals surface area contributed by atoms with Crippen LogP contribution in [0.2, 0.25) is 0 Å². The predicted octanol–water partition coefficient (Wildman–Crippen LogP) is 4.99. The molecule has 0 fully saturated rings. The molecule has 0 aliphatic carbocycles. The second-order valence-electron chi connectivity index (χ2n) is 7.00. The molecule has 0 radical (unpaired) electrons. The first-order chi connectivity index (χ1) is 14.5. The average molecular weight is 497 g/mol. The van der Waals surface area contributed by atoms with Crippen LogP contribution in [0.5, 0.6) is 0 Å². The van der Waals surface area contributed by atoms with Crippen LogP contribution in [-0.4, -0.2) is 28.1 Å². The number of nitrogens with zero attached hydrogens (tertiary/aromatic N) is 1. The van der Waals surface area contributed by atoms with E-state index in [2.05, 4.69) is 9.71 Å². The van der Waals surface area contributed by atoms with Gasteiger partial charge in [0.1, 0.15) is 10.0 Å². The van der Waals surface area contributed by atoms with E-state index in [1.165, 1.54) is 41.7 Å².